The number of nitrogens with zero attached hydrogens (tertiary/aromatic N) is 3. The zero-order valence-corrected chi connectivity index (χ0v) is 18.7. The summed E-state index contributed by atoms with van der Waals surface area (Å²) < 4.78 is 0. The van der Waals surface area contributed by atoms with E-state index < -0.39 is 0 Å². The smallest absolute Gasteiger partial charge is 0.317 e. The number of hydrogen-bond donors (Lipinski definition) is 2. The van der Waals surface area contributed by atoms with Crippen molar-refractivity contribution in [1.82, 2.24) is 20.1 Å². The van der Waals surface area contributed by atoms with Crippen molar-refractivity contribution in [1.29, 1.82) is 0 Å². The number of carbonyl (C=O) groups excluding carboxylic acids is 1. The number of nitrogens with one attached hydrogen (secondary N) is 1. The second kappa shape index (κ2) is 9.59. The van der Waals surface area contributed by atoms with E-state index in [0.717, 1.165) is 50.9 Å². The van der Waals surface area contributed by atoms with Crippen LogP contribution in [0.4, 0.5) is 4.79 Å². The largest absolute Gasteiger partial charge is 0.395 e. The Morgan fingerprint density at radius 1 is 0.969 bits per heavy atom. The maximum Gasteiger partial charge on any atom is 0.317 e. The lowest BCUT2D eigenvalue weighted by Gasteiger charge is -2.57. The molecule has 1 saturated carbocycles. The molecule has 1 aromatic heterocycles. The highest BCUT2D eigenvalue weighted by Crippen LogP contribution is 2.42. The van der Waals surface area contributed by atoms with Crippen molar-refractivity contribution in [3.8, 4) is 11.1 Å². The van der Waals surface area contributed by atoms with E-state index >= 15 is 0 Å². The van der Waals surface area contributed by atoms with E-state index in [4.69, 9.17) is 0 Å². The Kier molecular flexibility index (Phi) is 6.42. The molecule has 3 atom stereocenters. The van der Waals surface area contributed by atoms with Crippen LogP contribution in [0.5, 0.6) is 0 Å². The molecule has 5 rings (SSSR count). The summed E-state index contributed by atoms with van der Waals surface area (Å²) in [6, 6.07) is 13.6. The summed E-state index contributed by atoms with van der Waals surface area (Å²) in [6.45, 7) is 2.70. The van der Waals surface area contributed by atoms with Crippen LogP contribution in [0.15, 0.2) is 48.8 Å². The molecule has 170 valence electrons. The van der Waals surface area contributed by atoms with E-state index in [0.29, 0.717) is 6.04 Å². The highest BCUT2D eigenvalue weighted by molar-refractivity contribution is 5.74. The maximum absolute atomic E-state index is 13.0. The Morgan fingerprint density at radius 3 is 2.38 bits per heavy atom. The molecule has 6 nitrogen and oxygen atoms in total. The topological polar surface area (TPSA) is 68.7 Å². The molecule has 0 bridgehead atoms. The Labute approximate surface area is 190 Å². The number of aliphatic hydroxyl groups is 1. The molecule has 1 aromatic carbocycles. The van der Waals surface area contributed by atoms with Gasteiger partial charge in [0.2, 0.25) is 0 Å². The van der Waals surface area contributed by atoms with Crippen LogP contribution in [0.2, 0.25) is 0 Å². The van der Waals surface area contributed by atoms with Gasteiger partial charge < -0.3 is 15.3 Å². The number of urea groups is 1. The van der Waals surface area contributed by atoms with Crippen LogP contribution in [-0.4, -0.2) is 70.3 Å². The number of rotatable bonds is 4. The first-order valence-corrected chi connectivity index (χ1v) is 12.2. The van der Waals surface area contributed by atoms with Crippen molar-refractivity contribution in [3.63, 3.8) is 0 Å². The van der Waals surface area contributed by atoms with Gasteiger partial charge in [0.1, 0.15) is 0 Å². The van der Waals surface area contributed by atoms with E-state index in [1.54, 1.807) is 0 Å². The molecule has 2 N–H and O–H groups in total. The fourth-order valence-electron chi connectivity index (χ4n) is 5.90. The van der Waals surface area contributed by atoms with Crippen LogP contribution in [0.3, 0.4) is 0 Å². The van der Waals surface area contributed by atoms with Crippen molar-refractivity contribution < 1.29 is 9.90 Å². The van der Waals surface area contributed by atoms with Crippen LogP contribution in [0.1, 0.15) is 50.0 Å². The van der Waals surface area contributed by atoms with Gasteiger partial charge in [-0.1, -0.05) is 37.1 Å². The van der Waals surface area contributed by atoms with Gasteiger partial charge in [0.05, 0.1) is 6.61 Å². The average molecular weight is 435 g/mol. The summed E-state index contributed by atoms with van der Waals surface area (Å²) in [5.74, 6) is 0.242. The lowest BCUT2D eigenvalue weighted by molar-refractivity contribution is -0.0591. The molecule has 1 aliphatic carbocycles. The van der Waals surface area contributed by atoms with Gasteiger partial charge in [-0.3, -0.25) is 9.88 Å². The highest BCUT2D eigenvalue weighted by Gasteiger charge is 2.49. The highest BCUT2D eigenvalue weighted by atomic mass is 16.3. The maximum atomic E-state index is 13.0. The minimum Gasteiger partial charge on any atom is -0.395 e. The van der Waals surface area contributed by atoms with Crippen LogP contribution >= 0.6 is 0 Å². The summed E-state index contributed by atoms with van der Waals surface area (Å²) in [5.41, 5.74) is 3.57. The number of amides is 2. The van der Waals surface area contributed by atoms with Gasteiger partial charge in [-0.2, -0.15) is 0 Å². The van der Waals surface area contributed by atoms with Crippen molar-refractivity contribution in [3.05, 3.63) is 54.4 Å². The number of fused-ring (bicyclic) bond motifs is 1. The summed E-state index contributed by atoms with van der Waals surface area (Å²) in [4.78, 5) is 21.6. The normalized spacial score (nSPS) is 26.7. The molecule has 2 aromatic rings. The van der Waals surface area contributed by atoms with E-state index in [2.05, 4.69) is 39.5 Å². The van der Waals surface area contributed by atoms with Gasteiger partial charge in [0.25, 0.3) is 0 Å². The molecule has 0 unspecified atom stereocenters. The number of aliphatic hydroxyl groups excluding tert-OH is 1. The van der Waals surface area contributed by atoms with Gasteiger partial charge in [-0.25, -0.2) is 4.79 Å². The quantitative estimate of drug-likeness (QED) is 0.771. The lowest BCUT2D eigenvalue weighted by atomic mass is 9.74. The summed E-state index contributed by atoms with van der Waals surface area (Å²) in [7, 11) is 0. The van der Waals surface area contributed by atoms with Crippen LogP contribution in [-0.2, 0) is 0 Å². The Bertz CT molecular complexity index is 898. The molecule has 3 heterocycles. The Morgan fingerprint density at radius 2 is 1.66 bits per heavy atom. The fourth-order valence-corrected chi connectivity index (χ4v) is 5.90. The standard InChI is InChI=1S/C26H34N4O2/c31-18-24-25(21-9-7-19(8-10-21)20-11-13-27-14-12-20)23-17-29(15-3-4-16-30(23)24)26(32)28-22-5-1-2-6-22/h7-14,22-25,31H,1-6,15-18H2,(H,28,32)/t23-,24-,25+/m1/s1. The molecule has 2 amide bonds. The van der Waals surface area contributed by atoms with Crippen LogP contribution < -0.4 is 5.32 Å². The Hall–Kier alpha value is -2.44. The van der Waals surface area contributed by atoms with E-state index in [9.17, 15) is 9.90 Å². The van der Waals surface area contributed by atoms with Gasteiger partial charge >= 0.3 is 6.03 Å². The molecular formula is C26H34N4O2. The third kappa shape index (κ3) is 4.26. The first-order chi connectivity index (χ1) is 15.7. The van der Waals surface area contributed by atoms with Crippen molar-refractivity contribution in [2.24, 2.45) is 0 Å². The second-order valence-electron chi connectivity index (χ2n) is 9.52. The Balaban J connectivity index is 1.33. The predicted octanol–water partition coefficient (Wildman–Crippen LogP) is 3.63. The zero-order valence-electron chi connectivity index (χ0n) is 18.7. The van der Waals surface area contributed by atoms with Gasteiger partial charge in [0, 0.05) is 49.5 Å². The molecule has 3 aliphatic rings. The van der Waals surface area contributed by atoms with Gasteiger partial charge in [0.15, 0.2) is 0 Å². The van der Waals surface area contributed by atoms with Gasteiger partial charge in [-0.15, -0.1) is 0 Å². The van der Waals surface area contributed by atoms with E-state index in [-0.39, 0.29) is 30.6 Å². The van der Waals surface area contributed by atoms with E-state index in [1.807, 2.05) is 29.4 Å². The molecule has 0 spiro atoms. The third-order valence-corrected chi connectivity index (χ3v) is 7.65. The first-order valence-electron chi connectivity index (χ1n) is 12.2. The molecular weight excluding hydrogens is 400 g/mol. The minimum atomic E-state index is 0.0954. The number of hydrogen-bond acceptors (Lipinski definition) is 4. The lowest BCUT2D eigenvalue weighted by Crippen LogP contribution is -2.68. The van der Waals surface area contributed by atoms with Crippen molar-refractivity contribution in [2.45, 2.75) is 62.6 Å². The van der Waals surface area contributed by atoms with Crippen molar-refractivity contribution in [2.75, 3.05) is 26.2 Å². The number of pyridine rings is 1. The summed E-state index contributed by atoms with van der Waals surface area (Å²) in [6.07, 6.45) is 10.4. The number of carbonyl (C=O) groups is 1. The summed E-state index contributed by atoms with van der Waals surface area (Å²) >= 11 is 0. The molecule has 32 heavy (non-hydrogen) atoms. The number of aromatic nitrogens is 1. The third-order valence-electron chi connectivity index (χ3n) is 7.65. The predicted molar refractivity (Wildman–Crippen MR) is 125 cm³/mol. The van der Waals surface area contributed by atoms with Crippen LogP contribution in [0, 0.1) is 0 Å². The summed E-state index contributed by atoms with van der Waals surface area (Å²) in [5, 5.41) is 13.5. The molecule has 6 heteroatoms. The molecule has 3 fully saturated rings. The SMILES string of the molecule is O=C(NC1CCCC1)N1CCCCN2[C@H](CO)[C@@H](c3ccc(-c4ccncc4)cc3)[C@H]2C1. The van der Waals surface area contributed by atoms with Gasteiger partial charge in [-0.05, 0) is 61.1 Å². The van der Waals surface area contributed by atoms with E-state index in [1.165, 1.54) is 24.0 Å². The molecule has 0 radical (unpaired) electrons. The second-order valence-corrected chi connectivity index (χ2v) is 9.52. The number of benzene rings is 1. The average Bonchev–Trinajstić information content (AvgIpc) is 3.32. The zero-order chi connectivity index (χ0) is 21.9. The first kappa shape index (κ1) is 21.4. The molecule has 2 aliphatic heterocycles. The fraction of sp³-hybridized carbons (Fsp3) is 0.538. The van der Waals surface area contributed by atoms with Crippen LogP contribution in [0.25, 0.3) is 11.1 Å². The molecule has 2 saturated heterocycles. The monoisotopic (exact) mass is 434 g/mol. The minimum absolute atomic E-state index is 0.0954. The van der Waals surface area contributed by atoms with Crippen molar-refractivity contribution >= 4 is 6.03 Å².